The molecule has 0 saturated carbocycles. The van der Waals surface area contributed by atoms with Crippen LogP contribution in [0.1, 0.15) is 40.5 Å². The molecule has 0 saturated heterocycles. The first kappa shape index (κ1) is 12.4. The maximum Gasteiger partial charge on any atom is 0.236 e. The summed E-state index contributed by atoms with van der Waals surface area (Å²) in [5.41, 5.74) is 5.77. The van der Waals surface area contributed by atoms with Crippen molar-refractivity contribution in [2.45, 2.75) is 46.6 Å². The van der Waals surface area contributed by atoms with Gasteiger partial charge in [-0.05, 0) is 11.8 Å². The molecule has 0 rings (SSSR count). The molecule has 3 heteroatoms. The molecule has 1 unspecified atom stereocenters. The predicted octanol–water partition coefficient (Wildman–Crippen LogP) is 1.28. The van der Waals surface area contributed by atoms with E-state index in [0.29, 0.717) is 6.54 Å². The largest absolute Gasteiger partial charge is 0.354 e. The number of hydrogen-bond acceptors (Lipinski definition) is 2. The Kier molecular flexibility index (Phi) is 4.99. The lowest BCUT2D eigenvalue weighted by molar-refractivity contribution is -0.122. The number of nitrogens with two attached hydrogens (primary N) is 1. The molecule has 1 amide bonds. The third-order valence-electron chi connectivity index (χ3n) is 1.73. The number of nitrogens with one attached hydrogen (secondary N) is 1. The molecule has 3 N–H and O–H groups in total. The molecule has 0 fully saturated rings. The molecule has 0 aliphatic heterocycles. The van der Waals surface area contributed by atoms with E-state index in [2.05, 4.69) is 26.1 Å². The van der Waals surface area contributed by atoms with Crippen LogP contribution in [0.25, 0.3) is 0 Å². The van der Waals surface area contributed by atoms with Gasteiger partial charge in [0.1, 0.15) is 0 Å². The van der Waals surface area contributed by atoms with Crippen molar-refractivity contribution in [3.8, 4) is 0 Å². The van der Waals surface area contributed by atoms with Crippen LogP contribution in [0, 0.1) is 5.41 Å². The molecular weight excluding hydrogens is 164 g/mol. The van der Waals surface area contributed by atoms with Crippen molar-refractivity contribution >= 4 is 5.91 Å². The van der Waals surface area contributed by atoms with E-state index >= 15 is 0 Å². The monoisotopic (exact) mass is 186 g/mol. The normalized spacial score (nSPS) is 13.9. The first-order valence-electron chi connectivity index (χ1n) is 4.90. The molecule has 0 aliphatic rings. The van der Waals surface area contributed by atoms with Gasteiger partial charge in [0.05, 0.1) is 6.04 Å². The van der Waals surface area contributed by atoms with Crippen molar-refractivity contribution in [3.05, 3.63) is 0 Å². The second-order valence-electron chi connectivity index (χ2n) is 4.67. The van der Waals surface area contributed by atoms with Crippen LogP contribution in [0.5, 0.6) is 0 Å². The summed E-state index contributed by atoms with van der Waals surface area (Å²) in [5.74, 6) is -0.0308. The van der Waals surface area contributed by atoms with E-state index in [-0.39, 0.29) is 17.4 Å². The number of carbonyl (C=O) groups is 1. The highest BCUT2D eigenvalue weighted by Gasteiger charge is 2.15. The molecule has 78 valence electrons. The summed E-state index contributed by atoms with van der Waals surface area (Å²) in [7, 11) is 0. The lowest BCUT2D eigenvalue weighted by Gasteiger charge is -2.20. The fourth-order valence-corrected chi connectivity index (χ4v) is 0.925. The van der Waals surface area contributed by atoms with Crippen molar-refractivity contribution in [2.24, 2.45) is 11.1 Å². The summed E-state index contributed by atoms with van der Waals surface area (Å²) in [5, 5.41) is 2.84. The Hall–Kier alpha value is -0.570. The van der Waals surface area contributed by atoms with Gasteiger partial charge in [0.15, 0.2) is 0 Å². The summed E-state index contributed by atoms with van der Waals surface area (Å²) < 4.78 is 0. The van der Waals surface area contributed by atoms with Gasteiger partial charge in [0.2, 0.25) is 5.91 Å². The average Bonchev–Trinajstić information content (AvgIpc) is 1.99. The minimum Gasteiger partial charge on any atom is -0.354 e. The van der Waals surface area contributed by atoms with Gasteiger partial charge >= 0.3 is 0 Å². The van der Waals surface area contributed by atoms with Crippen LogP contribution in [0.3, 0.4) is 0 Å². The van der Waals surface area contributed by atoms with Gasteiger partial charge in [-0.15, -0.1) is 0 Å². The Morgan fingerprint density at radius 1 is 1.46 bits per heavy atom. The minimum atomic E-state index is -0.340. The quantitative estimate of drug-likeness (QED) is 0.695. The highest BCUT2D eigenvalue weighted by atomic mass is 16.2. The molecule has 1 atom stereocenters. The number of carbonyl (C=O) groups excluding carboxylic acids is 1. The van der Waals surface area contributed by atoms with E-state index < -0.39 is 0 Å². The first-order valence-corrected chi connectivity index (χ1v) is 4.90. The zero-order valence-corrected chi connectivity index (χ0v) is 9.18. The van der Waals surface area contributed by atoms with Crippen molar-refractivity contribution in [2.75, 3.05) is 6.54 Å². The van der Waals surface area contributed by atoms with E-state index in [1.807, 2.05) is 6.92 Å². The van der Waals surface area contributed by atoms with Crippen LogP contribution in [0.4, 0.5) is 0 Å². The second-order valence-corrected chi connectivity index (χ2v) is 4.67. The van der Waals surface area contributed by atoms with Crippen molar-refractivity contribution in [3.63, 3.8) is 0 Å². The lowest BCUT2D eigenvalue weighted by atomic mass is 9.97. The molecule has 0 aromatic heterocycles. The van der Waals surface area contributed by atoms with Gasteiger partial charge in [-0.2, -0.15) is 0 Å². The Labute approximate surface area is 81.1 Å². The Morgan fingerprint density at radius 2 is 2.00 bits per heavy atom. The lowest BCUT2D eigenvalue weighted by Crippen LogP contribution is -2.43. The molecule has 0 aromatic rings. The summed E-state index contributed by atoms with van der Waals surface area (Å²) >= 11 is 0. The van der Waals surface area contributed by atoms with Gasteiger partial charge in [-0.3, -0.25) is 4.79 Å². The van der Waals surface area contributed by atoms with E-state index in [1.165, 1.54) is 0 Å². The van der Waals surface area contributed by atoms with Gasteiger partial charge in [0, 0.05) is 6.54 Å². The van der Waals surface area contributed by atoms with Gasteiger partial charge < -0.3 is 11.1 Å². The molecular formula is C10H22N2O. The fraction of sp³-hybridized carbons (Fsp3) is 0.900. The zero-order chi connectivity index (χ0) is 10.5. The Morgan fingerprint density at radius 3 is 2.38 bits per heavy atom. The zero-order valence-electron chi connectivity index (χ0n) is 9.18. The Bertz CT molecular complexity index is 161. The van der Waals surface area contributed by atoms with Crippen LogP contribution in [-0.2, 0) is 4.79 Å². The van der Waals surface area contributed by atoms with E-state index in [9.17, 15) is 4.79 Å². The van der Waals surface area contributed by atoms with Gasteiger partial charge in [-0.25, -0.2) is 0 Å². The van der Waals surface area contributed by atoms with Crippen molar-refractivity contribution < 1.29 is 4.79 Å². The van der Waals surface area contributed by atoms with Gasteiger partial charge in [0.25, 0.3) is 0 Å². The van der Waals surface area contributed by atoms with Crippen LogP contribution in [0.2, 0.25) is 0 Å². The maximum atomic E-state index is 11.3. The molecule has 0 spiro atoms. The molecule has 0 bridgehead atoms. The van der Waals surface area contributed by atoms with E-state index in [4.69, 9.17) is 5.73 Å². The van der Waals surface area contributed by atoms with E-state index in [1.54, 1.807) is 0 Å². The number of hydrogen-bond donors (Lipinski definition) is 2. The maximum absolute atomic E-state index is 11.3. The first-order chi connectivity index (χ1) is 5.87. The summed E-state index contributed by atoms with van der Waals surface area (Å²) in [4.78, 5) is 11.3. The molecule has 3 nitrogen and oxygen atoms in total. The summed E-state index contributed by atoms with van der Waals surface area (Å²) in [6.07, 6.45) is 1.71. The topological polar surface area (TPSA) is 55.1 Å². The summed E-state index contributed by atoms with van der Waals surface area (Å²) in [6, 6.07) is -0.340. The number of amides is 1. The van der Waals surface area contributed by atoms with Crippen molar-refractivity contribution in [1.82, 2.24) is 5.32 Å². The van der Waals surface area contributed by atoms with Crippen LogP contribution < -0.4 is 11.1 Å². The number of rotatable bonds is 4. The highest BCUT2D eigenvalue weighted by molar-refractivity contribution is 5.81. The van der Waals surface area contributed by atoms with Crippen molar-refractivity contribution in [1.29, 1.82) is 0 Å². The smallest absolute Gasteiger partial charge is 0.236 e. The molecule has 0 heterocycles. The van der Waals surface area contributed by atoms with Crippen LogP contribution in [0.15, 0.2) is 0 Å². The third-order valence-corrected chi connectivity index (χ3v) is 1.73. The van der Waals surface area contributed by atoms with Crippen LogP contribution >= 0.6 is 0 Å². The fourth-order valence-electron chi connectivity index (χ4n) is 0.925. The van der Waals surface area contributed by atoms with Gasteiger partial charge in [-0.1, -0.05) is 34.1 Å². The summed E-state index contributed by atoms with van der Waals surface area (Å²) in [6.45, 7) is 8.95. The molecule has 0 aliphatic carbocycles. The average molecular weight is 186 g/mol. The third kappa shape index (κ3) is 6.58. The predicted molar refractivity (Wildman–Crippen MR) is 55.3 cm³/mol. The van der Waals surface area contributed by atoms with E-state index in [0.717, 1.165) is 12.8 Å². The second kappa shape index (κ2) is 5.22. The Balaban J connectivity index is 3.74. The molecule has 0 aromatic carbocycles. The SMILES string of the molecule is CCCC(N)C(=O)NCC(C)(C)C. The molecule has 13 heavy (non-hydrogen) atoms. The highest BCUT2D eigenvalue weighted by Crippen LogP contribution is 2.10. The molecule has 0 radical (unpaired) electrons. The van der Waals surface area contributed by atoms with Crippen LogP contribution in [-0.4, -0.2) is 18.5 Å². The minimum absolute atomic E-state index is 0.0308. The standard InChI is InChI=1S/C10H22N2O/c1-5-6-8(11)9(13)12-7-10(2,3)4/h8H,5-7,11H2,1-4H3,(H,12,13).